The fourth-order valence-corrected chi connectivity index (χ4v) is 1.63. The van der Waals surface area contributed by atoms with Crippen molar-refractivity contribution in [2.45, 2.75) is 6.92 Å². The second-order valence-electron chi connectivity index (χ2n) is 3.53. The zero-order chi connectivity index (χ0) is 10.7. The van der Waals surface area contributed by atoms with Crippen LogP contribution in [0.3, 0.4) is 0 Å². The van der Waals surface area contributed by atoms with Crippen LogP contribution in [0.1, 0.15) is 12.5 Å². The molecule has 2 rings (SSSR count). The van der Waals surface area contributed by atoms with Gasteiger partial charge in [0.25, 0.3) is 0 Å². The van der Waals surface area contributed by atoms with Crippen LogP contribution in [0.5, 0.6) is 5.75 Å². The van der Waals surface area contributed by atoms with Crippen LogP contribution in [0.15, 0.2) is 54.1 Å². The number of ether oxygens (including phenoxy) is 1. The number of hydrogen-bond donors (Lipinski definition) is 0. The average Bonchev–Trinajstić information content (AvgIpc) is 2.82. The lowest BCUT2D eigenvalue weighted by molar-refractivity contribution is 0.415. The van der Waals surface area contributed by atoms with E-state index in [9.17, 15) is 0 Å². The Hall–Kier alpha value is -1.76. The van der Waals surface area contributed by atoms with Crippen LogP contribution >= 0.6 is 0 Å². The van der Waals surface area contributed by atoms with Gasteiger partial charge in [0.1, 0.15) is 5.75 Å². The smallest absolute Gasteiger partial charge is 0.118 e. The normalized spacial score (nSPS) is 13.3. The van der Waals surface area contributed by atoms with Gasteiger partial charge in [0.15, 0.2) is 0 Å². The predicted octanol–water partition coefficient (Wildman–Crippen LogP) is 3.59. The van der Waals surface area contributed by atoms with Crippen LogP contribution in [-0.4, -0.2) is 7.11 Å². The molecule has 0 unspecified atom stereocenters. The maximum Gasteiger partial charge on any atom is 0.118 e. The SMILES string of the molecule is COc1ccc(C(C)=C2C=CC=C2)cc1. The van der Waals surface area contributed by atoms with E-state index in [1.165, 1.54) is 16.7 Å². The molecule has 0 aromatic heterocycles. The number of methoxy groups -OCH3 is 1. The van der Waals surface area contributed by atoms with Gasteiger partial charge in [0, 0.05) is 0 Å². The molecule has 1 aliphatic rings. The van der Waals surface area contributed by atoms with Crippen molar-refractivity contribution in [2.24, 2.45) is 0 Å². The topological polar surface area (TPSA) is 9.23 Å². The van der Waals surface area contributed by atoms with Crippen LogP contribution in [0.25, 0.3) is 5.57 Å². The summed E-state index contributed by atoms with van der Waals surface area (Å²) in [5.74, 6) is 0.897. The van der Waals surface area contributed by atoms with Gasteiger partial charge in [-0.3, -0.25) is 0 Å². The molecule has 0 aliphatic heterocycles. The van der Waals surface area contributed by atoms with Crippen molar-refractivity contribution in [3.63, 3.8) is 0 Å². The van der Waals surface area contributed by atoms with Gasteiger partial charge in [-0.1, -0.05) is 36.4 Å². The van der Waals surface area contributed by atoms with Crippen molar-refractivity contribution in [3.05, 3.63) is 59.7 Å². The van der Waals surface area contributed by atoms with Crippen LogP contribution in [0.4, 0.5) is 0 Å². The third kappa shape index (κ3) is 2.01. The van der Waals surface area contributed by atoms with E-state index < -0.39 is 0 Å². The molecule has 0 amide bonds. The molecule has 0 bridgehead atoms. The second-order valence-corrected chi connectivity index (χ2v) is 3.53. The third-order valence-electron chi connectivity index (χ3n) is 2.62. The standard InChI is InChI=1S/C14H14O/c1-11(12-5-3-4-6-12)13-7-9-14(15-2)10-8-13/h3-10H,1-2H3. The molecule has 1 aromatic carbocycles. The summed E-state index contributed by atoms with van der Waals surface area (Å²) in [6.07, 6.45) is 8.36. The third-order valence-corrected chi connectivity index (χ3v) is 2.62. The summed E-state index contributed by atoms with van der Waals surface area (Å²) in [6, 6.07) is 8.14. The zero-order valence-corrected chi connectivity index (χ0v) is 9.03. The Balaban J connectivity index is 2.34. The molecule has 0 N–H and O–H groups in total. The van der Waals surface area contributed by atoms with Crippen molar-refractivity contribution in [1.82, 2.24) is 0 Å². The molecule has 0 radical (unpaired) electrons. The molecule has 0 saturated carbocycles. The number of rotatable bonds is 2. The van der Waals surface area contributed by atoms with Gasteiger partial charge in [0.05, 0.1) is 7.11 Å². The highest BCUT2D eigenvalue weighted by Gasteiger charge is 2.02. The molecule has 76 valence electrons. The quantitative estimate of drug-likeness (QED) is 0.705. The lowest BCUT2D eigenvalue weighted by Gasteiger charge is -2.05. The highest BCUT2D eigenvalue weighted by molar-refractivity contribution is 5.73. The van der Waals surface area contributed by atoms with Gasteiger partial charge >= 0.3 is 0 Å². The first-order valence-corrected chi connectivity index (χ1v) is 5.01. The highest BCUT2D eigenvalue weighted by Crippen LogP contribution is 2.24. The molecular formula is C14H14O. The Morgan fingerprint density at radius 1 is 1.00 bits per heavy atom. The summed E-state index contributed by atoms with van der Waals surface area (Å²) >= 11 is 0. The Morgan fingerprint density at radius 3 is 2.13 bits per heavy atom. The summed E-state index contributed by atoms with van der Waals surface area (Å²) < 4.78 is 5.13. The lowest BCUT2D eigenvalue weighted by atomic mass is 10.0. The molecule has 0 fully saturated rings. The van der Waals surface area contributed by atoms with Gasteiger partial charge in [-0.15, -0.1) is 0 Å². The van der Waals surface area contributed by atoms with E-state index >= 15 is 0 Å². The van der Waals surface area contributed by atoms with Crippen molar-refractivity contribution >= 4 is 5.57 Å². The Morgan fingerprint density at radius 2 is 1.60 bits per heavy atom. The van der Waals surface area contributed by atoms with Crippen molar-refractivity contribution < 1.29 is 4.74 Å². The maximum absolute atomic E-state index is 5.13. The fourth-order valence-electron chi connectivity index (χ4n) is 1.63. The predicted molar refractivity (Wildman–Crippen MR) is 63.9 cm³/mol. The van der Waals surface area contributed by atoms with E-state index in [-0.39, 0.29) is 0 Å². The van der Waals surface area contributed by atoms with Gasteiger partial charge < -0.3 is 4.74 Å². The van der Waals surface area contributed by atoms with Gasteiger partial charge in [-0.25, -0.2) is 0 Å². The van der Waals surface area contributed by atoms with E-state index in [0.717, 1.165) is 5.75 Å². The molecule has 1 aromatic rings. The van der Waals surface area contributed by atoms with Crippen molar-refractivity contribution in [1.29, 1.82) is 0 Å². The molecule has 1 heteroatoms. The van der Waals surface area contributed by atoms with Gasteiger partial charge in [-0.05, 0) is 35.8 Å². The highest BCUT2D eigenvalue weighted by atomic mass is 16.5. The zero-order valence-electron chi connectivity index (χ0n) is 9.03. The number of benzene rings is 1. The van der Waals surface area contributed by atoms with E-state index in [1.807, 2.05) is 12.1 Å². The summed E-state index contributed by atoms with van der Waals surface area (Å²) in [5.41, 5.74) is 3.81. The van der Waals surface area contributed by atoms with Gasteiger partial charge in [0.2, 0.25) is 0 Å². The fraction of sp³-hybridized carbons (Fsp3) is 0.143. The molecular weight excluding hydrogens is 184 g/mol. The summed E-state index contributed by atoms with van der Waals surface area (Å²) in [6.45, 7) is 2.14. The molecule has 1 aliphatic carbocycles. The van der Waals surface area contributed by atoms with E-state index in [2.05, 4.69) is 43.4 Å². The second kappa shape index (κ2) is 4.18. The summed E-state index contributed by atoms with van der Waals surface area (Å²) in [7, 11) is 1.68. The first-order chi connectivity index (χ1) is 7.31. The minimum atomic E-state index is 0.897. The maximum atomic E-state index is 5.13. The Labute approximate surface area is 90.4 Å². The molecule has 0 heterocycles. The van der Waals surface area contributed by atoms with Gasteiger partial charge in [-0.2, -0.15) is 0 Å². The van der Waals surface area contributed by atoms with Crippen molar-refractivity contribution in [2.75, 3.05) is 7.11 Å². The molecule has 0 atom stereocenters. The average molecular weight is 198 g/mol. The lowest BCUT2D eigenvalue weighted by Crippen LogP contribution is -1.85. The minimum absolute atomic E-state index is 0.897. The van der Waals surface area contributed by atoms with Crippen LogP contribution < -0.4 is 4.74 Å². The molecule has 0 spiro atoms. The number of hydrogen-bond acceptors (Lipinski definition) is 1. The van der Waals surface area contributed by atoms with Crippen molar-refractivity contribution in [3.8, 4) is 5.75 Å². The largest absolute Gasteiger partial charge is 0.497 e. The van der Waals surface area contributed by atoms with Crippen LogP contribution in [-0.2, 0) is 0 Å². The minimum Gasteiger partial charge on any atom is -0.497 e. The molecule has 1 nitrogen and oxygen atoms in total. The molecule has 0 saturated heterocycles. The Bertz CT molecular complexity index is 419. The van der Waals surface area contributed by atoms with Crippen LogP contribution in [0, 0.1) is 0 Å². The monoisotopic (exact) mass is 198 g/mol. The van der Waals surface area contributed by atoms with E-state index in [4.69, 9.17) is 4.74 Å². The van der Waals surface area contributed by atoms with E-state index in [1.54, 1.807) is 7.11 Å². The summed E-state index contributed by atoms with van der Waals surface area (Å²) in [5, 5.41) is 0. The summed E-state index contributed by atoms with van der Waals surface area (Å²) in [4.78, 5) is 0. The van der Waals surface area contributed by atoms with Crippen LogP contribution in [0.2, 0.25) is 0 Å². The first-order valence-electron chi connectivity index (χ1n) is 5.01. The Kier molecular flexibility index (Phi) is 2.72. The molecule has 15 heavy (non-hydrogen) atoms. The first kappa shape index (κ1) is 9.78. The van der Waals surface area contributed by atoms with E-state index in [0.29, 0.717) is 0 Å². The number of allylic oxidation sites excluding steroid dienone is 6.